The Bertz CT molecular complexity index is 624. The number of fused-ring (bicyclic) bond motifs is 1. The minimum atomic E-state index is 0.943. The number of hydrogen-bond donors (Lipinski definition) is 1. The van der Waals surface area contributed by atoms with Crippen molar-refractivity contribution < 1.29 is 0 Å². The second kappa shape index (κ2) is 3.49. The number of rotatable bonds is 1. The fraction of sp³-hybridized carbons (Fsp3) is 0.0714. The molecule has 0 aliphatic heterocycles. The molecule has 3 rings (SSSR count). The average molecular weight is 207 g/mol. The van der Waals surface area contributed by atoms with Gasteiger partial charge in [-0.25, -0.2) is 4.98 Å². The Balaban J connectivity index is 2.35. The van der Waals surface area contributed by atoms with E-state index in [0.29, 0.717) is 0 Å². The maximum atomic E-state index is 4.32. The maximum absolute atomic E-state index is 4.32. The third-order valence-corrected chi connectivity index (χ3v) is 2.75. The highest BCUT2D eigenvalue weighted by molar-refractivity contribution is 5.95. The van der Waals surface area contributed by atoms with Gasteiger partial charge in [-0.1, -0.05) is 18.2 Å². The lowest BCUT2D eigenvalue weighted by atomic mass is 10.0. The quantitative estimate of drug-likeness (QED) is 0.651. The smallest absolute Gasteiger partial charge is 0.138 e. The zero-order chi connectivity index (χ0) is 11.0. The summed E-state index contributed by atoms with van der Waals surface area (Å²) in [6, 6.07) is 15.2. The van der Waals surface area contributed by atoms with Crippen LogP contribution >= 0.6 is 0 Å². The molecule has 1 radical (unpaired) electrons. The van der Waals surface area contributed by atoms with Crippen molar-refractivity contribution in [3.8, 4) is 11.1 Å². The maximum Gasteiger partial charge on any atom is 0.138 e. The summed E-state index contributed by atoms with van der Waals surface area (Å²) in [7, 11) is 0. The summed E-state index contributed by atoms with van der Waals surface area (Å²) in [5.74, 6) is 0. The molecule has 16 heavy (non-hydrogen) atoms. The second-order valence-electron chi connectivity index (χ2n) is 3.82. The molecule has 0 saturated heterocycles. The second-order valence-corrected chi connectivity index (χ2v) is 3.82. The number of nitrogens with one attached hydrogen (secondary N) is 1. The molecule has 2 heterocycles. The molecule has 0 amide bonds. The van der Waals surface area contributed by atoms with Crippen LogP contribution in [0.5, 0.6) is 0 Å². The first-order chi connectivity index (χ1) is 7.86. The number of nitrogens with zero attached hydrogens (tertiary/aromatic N) is 1. The lowest BCUT2D eigenvalue weighted by molar-refractivity contribution is 1.25. The monoisotopic (exact) mass is 207 g/mol. The number of aromatic nitrogens is 2. The molecular weight excluding hydrogens is 196 g/mol. The highest BCUT2D eigenvalue weighted by Gasteiger charge is 2.09. The van der Waals surface area contributed by atoms with Crippen molar-refractivity contribution in [1.29, 1.82) is 0 Å². The van der Waals surface area contributed by atoms with Crippen LogP contribution in [-0.4, -0.2) is 9.97 Å². The van der Waals surface area contributed by atoms with E-state index in [2.05, 4.69) is 35.1 Å². The highest BCUT2D eigenvalue weighted by atomic mass is 14.9. The van der Waals surface area contributed by atoms with Crippen LogP contribution in [0.3, 0.4) is 0 Å². The Labute approximate surface area is 94.0 Å². The summed E-state index contributed by atoms with van der Waals surface area (Å²) in [4.78, 5) is 7.62. The van der Waals surface area contributed by atoms with Crippen LogP contribution in [0.1, 0.15) is 5.69 Å². The van der Waals surface area contributed by atoms with E-state index in [-0.39, 0.29) is 0 Å². The van der Waals surface area contributed by atoms with Crippen molar-refractivity contribution in [3.05, 3.63) is 54.4 Å². The molecule has 0 saturated carbocycles. The standard InChI is InChI=1S/C14H11N2/c1-10-13(11-6-3-2-4-7-11)12-8-5-9-15-14(12)16-10/h2-3,5-9H,1H3,(H,15,16). The molecule has 77 valence electrons. The zero-order valence-electron chi connectivity index (χ0n) is 8.99. The fourth-order valence-electron chi connectivity index (χ4n) is 2.07. The fourth-order valence-corrected chi connectivity index (χ4v) is 2.07. The Morgan fingerprint density at radius 1 is 1.25 bits per heavy atom. The molecule has 1 aromatic carbocycles. The van der Waals surface area contributed by atoms with Crippen LogP contribution < -0.4 is 0 Å². The number of pyridine rings is 1. The van der Waals surface area contributed by atoms with Gasteiger partial charge in [0.15, 0.2) is 0 Å². The molecule has 2 heteroatoms. The Kier molecular flexibility index (Phi) is 2.00. The van der Waals surface area contributed by atoms with E-state index in [1.54, 1.807) is 6.20 Å². The molecule has 0 aliphatic rings. The van der Waals surface area contributed by atoms with E-state index in [4.69, 9.17) is 0 Å². The summed E-state index contributed by atoms with van der Waals surface area (Å²) >= 11 is 0. The van der Waals surface area contributed by atoms with E-state index in [1.807, 2.05) is 24.3 Å². The summed E-state index contributed by atoms with van der Waals surface area (Å²) in [6.07, 6.45) is 1.80. The minimum Gasteiger partial charge on any atom is -0.343 e. The predicted octanol–water partition coefficient (Wildman–Crippen LogP) is 3.34. The van der Waals surface area contributed by atoms with E-state index in [0.717, 1.165) is 11.3 Å². The number of hydrogen-bond acceptors (Lipinski definition) is 1. The van der Waals surface area contributed by atoms with Crippen molar-refractivity contribution in [1.82, 2.24) is 9.97 Å². The first-order valence-corrected chi connectivity index (χ1v) is 5.26. The summed E-state index contributed by atoms with van der Waals surface area (Å²) in [6.45, 7) is 2.07. The Hall–Kier alpha value is -2.09. The van der Waals surface area contributed by atoms with Crippen LogP contribution in [0, 0.1) is 13.0 Å². The van der Waals surface area contributed by atoms with Gasteiger partial charge < -0.3 is 4.98 Å². The third kappa shape index (κ3) is 1.31. The van der Waals surface area contributed by atoms with Crippen molar-refractivity contribution in [3.63, 3.8) is 0 Å². The SMILES string of the molecule is Cc1[nH]c2ncccc2c1-c1c[c]ccc1. The molecule has 0 unspecified atom stereocenters. The van der Waals surface area contributed by atoms with Crippen LogP contribution in [0.15, 0.2) is 42.6 Å². The lowest BCUT2D eigenvalue weighted by Crippen LogP contribution is -1.78. The topological polar surface area (TPSA) is 28.7 Å². The summed E-state index contributed by atoms with van der Waals surface area (Å²) < 4.78 is 0. The van der Waals surface area contributed by atoms with E-state index < -0.39 is 0 Å². The largest absolute Gasteiger partial charge is 0.343 e. The van der Waals surface area contributed by atoms with Gasteiger partial charge in [-0.2, -0.15) is 0 Å². The van der Waals surface area contributed by atoms with Gasteiger partial charge in [-0.3, -0.25) is 0 Å². The lowest BCUT2D eigenvalue weighted by Gasteiger charge is -2.00. The van der Waals surface area contributed by atoms with Gasteiger partial charge in [0.2, 0.25) is 0 Å². The molecule has 0 fully saturated rings. The molecule has 1 N–H and O–H groups in total. The number of aryl methyl sites for hydroxylation is 1. The molecule has 2 nitrogen and oxygen atoms in total. The first-order valence-electron chi connectivity index (χ1n) is 5.26. The molecule has 2 aromatic heterocycles. The van der Waals surface area contributed by atoms with Gasteiger partial charge in [-0.05, 0) is 36.8 Å². The highest BCUT2D eigenvalue weighted by Crippen LogP contribution is 2.30. The molecule has 0 aliphatic carbocycles. The van der Waals surface area contributed by atoms with Gasteiger partial charge in [0, 0.05) is 22.8 Å². The molecular formula is C14H11N2. The van der Waals surface area contributed by atoms with Gasteiger partial charge in [0.1, 0.15) is 5.65 Å². The Morgan fingerprint density at radius 2 is 2.19 bits per heavy atom. The van der Waals surface area contributed by atoms with Gasteiger partial charge in [0.25, 0.3) is 0 Å². The van der Waals surface area contributed by atoms with Gasteiger partial charge in [0.05, 0.1) is 0 Å². The minimum absolute atomic E-state index is 0.943. The molecule has 0 bridgehead atoms. The molecule has 0 spiro atoms. The van der Waals surface area contributed by atoms with Crippen LogP contribution in [0.2, 0.25) is 0 Å². The van der Waals surface area contributed by atoms with E-state index >= 15 is 0 Å². The van der Waals surface area contributed by atoms with Crippen LogP contribution in [-0.2, 0) is 0 Å². The van der Waals surface area contributed by atoms with Crippen molar-refractivity contribution in [2.45, 2.75) is 6.92 Å². The van der Waals surface area contributed by atoms with Crippen molar-refractivity contribution in [2.24, 2.45) is 0 Å². The molecule has 0 atom stereocenters. The number of H-pyrrole nitrogens is 1. The van der Waals surface area contributed by atoms with Crippen LogP contribution in [0.4, 0.5) is 0 Å². The van der Waals surface area contributed by atoms with Gasteiger partial charge >= 0.3 is 0 Å². The normalized spacial score (nSPS) is 10.8. The third-order valence-electron chi connectivity index (χ3n) is 2.75. The summed E-state index contributed by atoms with van der Waals surface area (Å²) in [5.41, 5.74) is 4.49. The van der Waals surface area contributed by atoms with E-state index in [1.165, 1.54) is 16.5 Å². The number of aromatic amines is 1. The molecule has 3 aromatic rings. The van der Waals surface area contributed by atoms with E-state index in [9.17, 15) is 0 Å². The van der Waals surface area contributed by atoms with Crippen molar-refractivity contribution in [2.75, 3.05) is 0 Å². The Morgan fingerprint density at radius 3 is 3.00 bits per heavy atom. The summed E-state index contributed by atoms with van der Waals surface area (Å²) in [5, 5.41) is 1.17. The first kappa shape index (κ1) is 9.16. The van der Waals surface area contributed by atoms with Crippen LogP contribution in [0.25, 0.3) is 22.2 Å². The average Bonchev–Trinajstić information content (AvgIpc) is 2.66. The zero-order valence-corrected chi connectivity index (χ0v) is 8.99. The number of benzene rings is 1. The van der Waals surface area contributed by atoms with Crippen molar-refractivity contribution >= 4 is 11.0 Å². The van der Waals surface area contributed by atoms with Gasteiger partial charge in [-0.15, -0.1) is 0 Å². The predicted molar refractivity (Wildman–Crippen MR) is 65.1 cm³/mol.